The van der Waals surface area contributed by atoms with E-state index in [1.807, 2.05) is 32.4 Å². The predicted octanol–water partition coefficient (Wildman–Crippen LogP) is 1.64. The molecule has 0 aromatic carbocycles. The molecule has 6 nitrogen and oxygen atoms in total. The highest BCUT2D eigenvalue weighted by molar-refractivity contribution is 7.99. The van der Waals surface area contributed by atoms with Crippen molar-refractivity contribution in [2.75, 3.05) is 16.8 Å². The molecule has 2 amide bonds. The third-order valence-corrected chi connectivity index (χ3v) is 4.53. The summed E-state index contributed by atoms with van der Waals surface area (Å²) in [5.41, 5.74) is 2.47. The molecule has 21 heavy (non-hydrogen) atoms. The zero-order chi connectivity index (χ0) is 15.6. The number of carbonyl (C=O) groups excluding carboxylic acids is 2. The summed E-state index contributed by atoms with van der Waals surface area (Å²) in [4.78, 5) is 23.9. The van der Waals surface area contributed by atoms with Gasteiger partial charge in [0.05, 0.1) is 17.1 Å². The maximum Gasteiger partial charge on any atom is 0.247 e. The van der Waals surface area contributed by atoms with Gasteiger partial charge in [0, 0.05) is 24.0 Å². The van der Waals surface area contributed by atoms with Crippen LogP contribution in [0.4, 0.5) is 5.69 Å². The Kier molecular flexibility index (Phi) is 4.92. The van der Waals surface area contributed by atoms with Crippen LogP contribution in [0.25, 0.3) is 0 Å². The standard InChI is InChI=1S/C14H22N4O2S/c1-8(2)18-10(4)13(9(3)17-18)16-14(20)11-7-21-6-5-12(19)15-11/h8,11H,5-7H2,1-4H3,(H,15,19)(H,16,20)/t11-/m0/s1. The van der Waals surface area contributed by atoms with Crippen molar-refractivity contribution in [3.05, 3.63) is 11.4 Å². The smallest absolute Gasteiger partial charge is 0.247 e. The second-order valence-electron chi connectivity index (χ2n) is 5.52. The van der Waals surface area contributed by atoms with Crippen LogP contribution in [0.1, 0.15) is 37.7 Å². The third-order valence-electron chi connectivity index (χ3n) is 3.47. The van der Waals surface area contributed by atoms with Crippen LogP contribution in [0, 0.1) is 13.8 Å². The highest BCUT2D eigenvalue weighted by Crippen LogP contribution is 2.23. The van der Waals surface area contributed by atoms with E-state index in [0.29, 0.717) is 12.2 Å². The number of aromatic nitrogens is 2. The summed E-state index contributed by atoms with van der Waals surface area (Å²) >= 11 is 1.62. The van der Waals surface area contributed by atoms with Gasteiger partial charge in [-0.2, -0.15) is 16.9 Å². The first-order valence-electron chi connectivity index (χ1n) is 7.13. The Hall–Kier alpha value is -1.50. The highest BCUT2D eigenvalue weighted by Gasteiger charge is 2.25. The molecule has 0 bridgehead atoms. The van der Waals surface area contributed by atoms with E-state index in [-0.39, 0.29) is 17.9 Å². The minimum atomic E-state index is -0.480. The lowest BCUT2D eigenvalue weighted by molar-refractivity contribution is -0.125. The van der Waals surface area contributed by atoms with Crippen molar-refractivity contribution in [3.8, 4) is 0 Å². The Morgan fingerprint density at radius 3 is 2.81 bits per heavy atom. The molecule has 1 atom stereocenters. The van der Waals surface area contributed by atoms with E-state index in [1.54, 1.807) is 11.8 Å². The van der Waals surface area contributed by atoms with Gasteiger partial charge in [0.2, 0.25) is 11.8 Å². The van der Waals surface area contributed by atoms with Gasteiger partial charge in [-0.1, -0.05) is 0 Å². The molecule has 0 spiro atoms. The van der Waals surface area contributed by atoms with Crippen LogP contribution < -0.4 is 10.6 Å². The number of anilines is 1. The number of rotatable bonds is 3. The molecule has 1 fully saturated rings. The van der Waals surface area contributed by atoms with Crippen molar-refractivity contribution < 1.29 is 9.59 Å². The lowest BCUT2D eigenvalue weighted by atomic mass is 10.2. The minimum absolute atomic E-state index is 0.0635. The molecule has 1 aliphatic heterocycles. The Morgan fingerprint density at radius 1 is 1.48 bits per heavy atom. The fraction of sp³-hybridized carbons (Fsp3) is 0.643. The van der Waals surface area contributed by atoms with Gasteiger partial charge in [0.25, 0.3) is 0 Å². The number of amides is 2. The molecule has 0 unspecified atom stereocenters. The fourth-order valence-electron chi connectivity index (χ4n) is 2.37. The van der Waals surface area contributed by atoms with Gasteiger partial charge in [-0.05, 0) is 27.7 Å². The molecular weight excluding hydrogens is 288 g/mol. The lowest BCUT2D eigenvalue weighted by Crippen LogP contribution is -2.44. The number of carbonyl (C=O) groups is 2. The van der Waals surface area contributed by atoms with Crippen molar-refractivity contribution in [2.24, 2.45) is 0 Å². The molecule has 0 radical (unpaired) electrons. The molecule has 1 aliphatic rings. The molecule has 1 saturated heterocycles. The van der Waals surface area contributed by atoms with Crippen LogP contribution in [-0.4, -0.2) is 39.1 Å². The minimum Gasteiger partial charge on any atom is -0.343 e. The highest BCUT2D eigenvalue weighted by atomic mass is 32.2. The van der Waals surface area contributed by atoms with Gasteiger partial charge in [-0.25, -0.2) is 0 Å². The molecule has 2 N–H and O–H groups in total. The maximum absolute atomic E-state index is 12.4. The number of aryl methyl sites for hydroxylation is 1. The molecule has 0 saturated carbocycles. The normalized spacial score (nSPS) is 19.3. The third kappa shape index (κ3) is 3.58. The number of thioether (sulfide) groups is 1. The molecule has 0 aliphatic carbocycles. The van der Waals surface area contributed by atoms with Crippen LogP contribution in [0.3, 0.4) is 0 Å². The summed E-state index contributed by atoms with van der Waals surface area (Å²) in [5, 5.41) is 10.1. The van der Waals surface area contributed by atoms with Crippen LogP contribution in [-0.2, 0) is 9.59 Å². The summed E-state index contributed by atoms with van der Waals surface area (Å²) in [6.45, 7) is 7.92. The summed E-state index contributed by atoms with van der Waals surface area (Å²) in [5.74, 6) is 1.13. The molecular formula is C14H22N4O2S. The van der Waals surface area contributed by atoms with Crippen LogP contribution >= 0.6 is 11.8 Å². The Morgan fingerprint density at radius 2 is 2.19 bits per heavy atom. The van der Waals surface area contributed by atoms with Gasteiger partial charge >= 0.3 is 0 Å². The van der Waals surface area contributed by atoms with Gasteiger partial charge < -0.3 is 10.6 Å². The summed E-state index contributed by atoms with van der Waals surface area (Å²) in [7, 11) is 0. The van der Waals surface area contributed by atoms with Crippen LogP contribution in [0.2, 0.25) is 0 Å². The molecule has 7 heteroatoms. The quantitative estimate of drug-likeness (QED) is 0.890. The Bertz CT molecular complexity index is 553. The van der Waals surface area contributed by atoms with E-state index >= 15 is 0 Å². The molecule has 1 aromatic rings. The first-order chi connectivity index (χ1) is 9.90. The predicted molar refractivity (Wildman–Crippen MR) is 84.6 cm³/mol. The average Bonchev–Trinajstić information content (AvgIpc) is 2.61. The lowest BCUT2D eigenvalue weighted by Gasteiger charge is -2.15. The van der Waals surface area contributed by atoms with E-state index in [9.17, 15) is 9.59 Å². The number of nitrogens with zero attached hydrogens (tertiary/aromatic N) is 2. The number of hydrogen-bond donors (Lipinski definition) is 2. The first-order valence-corrected chi connectivity index (χ1v) is 8.29. The maximum atomic E-state index is 12.4. The Balaban J connectivity index is 2.14. The van der Waals surface area contributed by atoms with Crippen molar-refractivity contribution >= 4 is 29.3 Å². The molecule has 2 heterocycles. The second kappa shape index (κ2) is 6.51. The van der Waals surface area contributed by atoms with Crippen molar-refractivity contribution in [1.82, 2.24) is 15.1 Å². The second-order valence-corrected chi connectivity index (χ2v) is 6.67. The van der Waals surface area contributed by atoms with Gasteiger partial charge in [-0.15, -0.1) is 0 Å². The van der Waals surface area contributed by atoms with Crippen molar-refractivity contribution in [3.63, 3.8) is 0 Å². The Labute approximate surface area is 129 Å². The summed E-state index contributed by atoms with van der Waals surface area (Å²) in [6.07, 6.45) is 0.470. The monoisotopic (exact) mass is 310 g/mol. The largest absolute Gasteiger partial charge is 0.343 e. The van der Waals surface area contributed by atoms with E-state index < -0.39 is 6.04 Å². The fourth-order valence-corrected chi connectivity index (χ4v) is 3.34. The summed E-state index contributed by atoms with van der Waals surface area (Å²) < 4.78 is 1.89. The van der Waals surface area contributed by atoms with E-state index in [2.05, 4.69) is 15.7 Å². The topological polar surface area (TPSA) is 76.0 Å². The van der Waals surface area contributed by atoms with Crippen molar-refractivity contribution in [2.45, 2.75) is 46.2 Å². The molecule has 116 valence electrons. The van der Waals surface area contributed by atoms with E-state index in [4.69, 9.17) is 0 Å². The van der Waals surface area contributed by atoms with Crippen LogP contribution in [0.5, 0.6) is 0 Å². The van der Waals surface area contributed by atoms with E-state index in [0.717, 1.165) is 22.8 Å². The van der Waals surface area contributed by atoms with Gasteiger partial charge in [0.15, 0.2) is 0 Å². The average molecular weight is 310 g/mol. The van der Waals surface area contributed by atoms with Gasteiger partial charge in [0.1, 0.15) is 6.04 Å². The zero-order valence-corrected chi connectivity index (χ0v) is 13.7. The first kappa shape index (κ1) is 15.9. The van der Waals surface area contributed by atoms with Gasteiger partial charge in [-0.3, -0.25) is 14.3 Å². The van der Waals surface area contributed by atoms with E-state index in [1.165, 1.54) is 0 Å². The van der Waals surface area contributed by atoms with Crippen molar-refractivity contribution in [1.29, 1.82) is 0 Å². The van der Waals surface area contributed by atoms with Crippen LogP contribution in [0.15, 0.2) is 0 Å². The zero-order valence-electron chi connectivity index (χ0n) is 12.9. The molecule has 1 aromatic heterocycles. The number of hydrogen-bond acceptors (Lipinski definition) is 4. The SMILES string of the molecule is Cc1nn(C(C)C)c(C)c1NC(=O)[C@@H]1CSCCC(=O)N1. The summed E-state index contributed by atoms with van der Waals surface area (Å²) in [6, 6.07) is -0.242. The molecule has 2 rings (SSSR count). The number of nitrogens with one attached hydrogen (secondary N) is 2.